The molecule has 4 heteroatoms. The molecule has 0 atom stereocenters. The van der Waals surface area contributed by atoms with Crippen LogP contribution in [0.4, 0.5) is 4.39 Å². The summed E-state index contributed by atoms with van der Waals surface area (Å²) in [4.78, 5) is 12.3. The number of rotatable bonds is 5. The Morgan fingerprint density at radius 3 is 2.50 bits per heavy atom. The van der Waals surface area contributed by atoms with E-state index in [1.807, 2.05) is 12.1 Å². The Kier molecular flexibility index (Phi) is 3.84. The van der Waals surface area contributed by atoms with Gasteiger partial charge >= 0.3 is 0 Å². The number of carbonyl (C=O) groups is 1. The Hall–Kier alpha value is -2.36. The summed E-state index contributed by atoms with van der Waals surface area (Å²) in [7, 11) is 1.55. The number of para-hydroxylation sites is 1. The second-order valence-corrected chi connectivity index (χ2v) is 5.67. The second kappa shape index (κ2) is 5.79. The number of ether oxygens (including phenoxy) is 1. The van der Waals surface area contributed by atoms with Crippen LogP contribution < -0.4 is 10.1 Å². The van der Waals surface area contributed by atoms with Gasteiger partial charge in [-0.3, -0.25) is 4.79 Å². The van der Waals surface area contributed by atoms with Crippen molar-refractivity contribution < 1.29 is 13.9 Å². The number of nitrogens with one attached hydrogen (secondary N) is 1. The minimum absolute atomic E-state index is 0.0502. The number of benzene rings is 2. The molecule has 114 valence electrons. The first-order valence-corrected chi connectivity index (χ1v) is 7.32. The van der Waals surface area contributed by atoms with Gasteiger partial charge in [0.25, 0.3) is 5.91 Å². The SMILES string of the molecule is COc1ccccc1C(=O)NCC1(c2ccc(F)cc2)CC1. The van der Waals surface area contributed by atoms with Gasteiger partial charge in [0.15, 0.2) is 0 Å². The number of carbonyl (C=O) groups excluding carboxylic acids is 1. The molecule has 0 heterocycles. The zero-order chi connectivity index (χ0) is 15.6. The fourth-order valence-corrected chi connectivity index (χ4v) is 2.70. The molecule has 1 N–H and O–H groups in total. The molecule has 0 bridgehead atoms. The molecule has 3 nitrogen and oxygen atoms in total. The van der Waals surface area contributed by atoms with E-state index in [-0.39, 0.29) is 17.1 Å². The Morgan fingerprint density at radius 1 is 1.18 bits per heavy atom. The van der Waals surface area contributed by atoms with Crippen molar-refractivity contribution in [1.29, 1.82) is 0 Å². The van der Waals surface area contributed by atoms with Crippen LogP contribution in [0.3, 0.4) is 0 Å². The lowest BCUT2D eigenvalue weighted by Gasteiger charge is -2.17. The van der Waals surface area contributed by atoms with Crippen LogP contribution in [-0.2, 0) is 5.41 Å². The van der Waals surface area contributed by atoms with Crippen molar-refractivity contribution in [2.24, 2.45) is 0 Å². The third kappa shape index (κ3) is 2.82. The highest BCUT2D eigenvalue weighted by atomic mass is 19.1. The fourth-order valence-electron chi connectivity index (χ4n) is 2.70. The van der Waals surface area contributed by atoms with Gasteiger partial charge in [-0.15, -0.1) is 0 Å². The molecule has 1 fully saturated rings. The largest absolute Gasteiger partial charge is 0.496 e. The first-order chi connectivity index (χ1) is 10.6. The predicted octanol–water partition coefficient (Wildman–Crippen LogP) is 3.30. The van der Waals surface area contributed by atoms with Gasteiger partial charge in [0.2, 0.25) is 0 Å². The lowest BCUT2D eigenvalue weighted by Crippen LogP contribution is -2.32. The predicted molar refractivity (Wildman–Crippen MR) is 82.6 cm³/mol. The molecule has 0 spiro atoms. The molecule has 0 aromatic heterocycles. The second-order valence-electron chi connectivity index (χ2n) is 5.67. The molecule has 1 aliphatic carbocycles. The molecule has 0 aliphatic heterocycles. The summed E-state index contributed by atoms with van der Waals surface area (Å²) < 4.78 is 18.2. The number of methoxy groups -OCH3 is 1. The van der Waals surface area contributed by atoms with Crippen molar-refractivity contribution in [2.45, 2.75) is 18.3 Å². The molecule has 0 saturated heterocycles. The van der Waals surface area contributed by atoms with Gasteiger partial charge in [-0.05, 0) is 42.7 Å². The Morgan fingerprint density at radius 2 is 1.86 bits per heavy atom. The van der Waals surface area contributed by atoms with Crippen LogP contribution in [0, 0.1) is 5.82 Å². The maximum atomic E-state index is 13.0. The molecule has 1 aliphatic rings. The maximum Gasteiger partial charge on any atom is 0.255 e. The number of hydrogen-bond donors (Lipinski definition) is 1. The van der Waals surface area contributed by atoms with Crippen LogP contribution in [0.2, 0.25) is 0 Å². The third-order valence-electron chi connectivity index (χ3n) is 4.25. The van der Waals surface area contributed by atoms with Crippen molar-refractivity contribution in [3.8, 4) is 5.75 Å². The van der Waals surface area contributed by atoms with E-state index in [9.17, 15) is 9.18 Å². The maximum absolute atomic E-state index is 13.0. The van der Waals surface area contributed by atoms with E-state index in [1.165, 1.54) is 12.1 Å². The average molecular weight is 299 g/mol. The number of hydrogen-bond acceptors (Lipinski definition) is 2. The van der Waals surface area contributed by atoms with Crippen molar-refractivity contribution in [3.05, 3.63) is 65.5 Å². The van der Waals surface area contributed by atoms with Gasteiger partial charge in [0.1, 0.15) is 11.6 Å². The van der Waals surface area contributed by atoms with Crippen molar-refractivity contribution >= 4 is 5.91 Å². The van der Waals surface area contributed by atoms with E-state index in [2.05, 4.69) is 5.32 Å². The van der Waals surface area contributed by atoms with E-state index in [0.29, 0.717) is 17.9 Å². The molecular weight excluding hydrogens is 281 g/mol. The first kappa shape index (κ1) is 14.6. The van der Waals surface area contributed by atoms with Gasteiger partial charge in [-0.1, -0.05) is 24.3 Å². The Labute approximate surface area is 129 Å². The quantitative estimate of drug-likeness (QED) is 0.920. The van der Waals surface area contributed by atoms with Gasteiger partial charge in [-0.2, -0.15) is 0 Å². The zero-order valence-electron chi connectivity index (χ0n) is 12.4. The summed E-state index contributed by atoms with van der Waals surface area (Å²) in [6.07, 6.45) is 2.01. The van der Waals surface area contributed by atoms with Gasteiger partial charge in [0.05, 0.1) is 12.7 Å². The zero-order valence-corrected chi connectivity index (χ0v) is 12.4. The summed E-state index contributed by atoms with van der Waals surface area (Å²) >= 11 is 0. The molecule has 1 saturated carbocycles. The van der Waals surface area contributed by atoms with E-state index in [0.717, 1.165) is 18.4 Å². The van der Waals surface area contributed by atoms with Crippen LogP contribution in [0.5, 0.6) is 5.75 Å². The Bertz CT molecular complexity index is 678. The van der Waals surface area contributed by atoms with Crippen molar-refractivity contribution in [1.82, 2.24) is 5.32 Å². The standard InChI is InChI=1S/C18H18FNO2/c1-22-16-5-3-2-4-15(16)17(21)20-12-18(10-11-18)13-6-8-14(19)9-7-13/h2-9H,10-12H2,1H3,(H,20,21). The average Bonchev–Trinajstić information content (AvgIpc) is 3.34. The van der Waals surface area contributed by atoms with Crippen molar-refractivity contribution in [2.75, 3.05) is 13.7 Å². The van der Waals surface area contributed by atoms with Crippen molar-refractivity contribution in [3.63, 3.8) is 0 Å². The summed E-state index contributed by atoms with van der Waals surface area (Å²) in [5.41, 5.74) is 1.56. The molecular formula is C18H18FNO2. The summed E-state index contributed by atoms with van der Waals surface area (Å²) in [6.45, 7) is 0.551. The number of halogens is 1. The molecule has 0 radical (unpaired) electrons. The van der Waals surface area contributed by atoms with Gasteiger partial charge in [0, 0.05) is 12.0 Å². The van der Waals surface area contributed by atoms with Gasteiger partial charge < -0.3 is 10.1 Å². The van der Waals surface area contributed by atoms with Crippen LogP contribution in [0.1, 0.15) is 28.8 Å². The Balaban J connectivity index is 1.69. The van der Waals surface area contributed by atoms with Crippen LogP contribution in [0.15, 0.2) is 48.5 Å². The molecule has 2 aromatic rings. The summed E-state index contributed by atoms with van der Waals surface area (Å²) in [5.74, 6) is 0.176. The molecule has 3 rings (SSSR count). The molecule has 0 unspecified atom stereocenters. The topological polar surface area (TPSA) is 38.3 Å². The first-order valence-electron chi connectivity index (χ1n) is 7.32. The smallest absolute Gasteiger partial charge is 0.255 e. The highest BCUT2D eigenvalue weighted by Gasteiger charge is 2.44. The molecule has 2 aromatic carbocycles. The summed E-state index contributed by atoms with van der Waals surface area (Å²) in [5, 5.41) is 2.98. The summed E-state index contributed by atoms with van der Waals surface area (Å²) in [6, 6.07) is 13.7. The van der Waals surface area contributed by atoms with E-state index in [1.54, 1.807) is 31.4 Å². The lowest BCUT2D eigenvalue weighted by atomic mass is 9.96. The van der Waals surface area contributed by atoms with Crippen LogP contribution >= 0.6 is 0 Å². The van der Waals surface area contributed by atoms with E-state index < -0.39 is 0 Å². The van der Waals surface area contributed by atoms with Crippen LogP contribution in [-0.4, -0.2) is 19.6 Å². The highest BCUT2D eigenvalue weighted by molar-refractivity contribution is 5.97. The number of amides is 1. The van der Waals surface area contributed by atoms with E-state index in [4.69, 9.17) is 4.74 Å². The lowest BCUT2D eigenvalue weighted by molar-refractivity contribution is 0.0946. The highest BCUT2D eigenvalue weighted by Crippen LogP contribution is 2.47. The molecule has 22 heavy (non-hydrogen) atoms. The van der Waals surface area contributed by atoms with Crippen LogP contribution in [0.25, 0.3) is 0 Å². The normalized spacial score (nSPS) is 15.2. The fraction of sp³-hybridized carbons (Fsp3) is 0.278. The minimum atomic E-state index is -0.238. The van der Waals surface area contributed by atoms with E-state index >= 15 is 0 Å². The van der Waals surface area contributed by atoms with Gasteiger partial charge in [-0.25, -0.2) is 4.39 Å². The minimum Gasteiger partial charge on any atom is -0.496 e. The monoisotopic (exact) mass is 299 g/mol. The molecule has 1 amide bonds. The third-order valence-corrected chi connectivity index (χ3v) is 4.25.